The molecule has 1 aliphatic carbocycles. The van der Waals surface area contributed by atoms with Gasteiger partial charge in [-0.25, -0.2) is 15.0 Å². The molecule has 0 aliphatic heterocycles. The highest BCUT2D eigenvalue weighted by Gasteiger charge is 2.25. The third kappa shape index (κ3) is 2.42. The number of hydrogen-bond donors (Lipinski definition) is 0. The van der Waals surface area contributed by atoms with E-state index in [4.69, 9.17) is 23.2 Å². The van der Waals surface area contributed by atoms with Gasteiger partial charge in [0, 0.05) is 12.1 Å². The second-order valence-corrected chi connectivity index (χ2v) is 5.80. The van der Waals surface area contributed by atoms with Crippen molar-refractivity contribution < 1.29 is 0 Å². The molecule has 2 aromatic heterocycles. The predicted octanol–water partition coefficient (Wildman–Crippen LogP) is 4.32. The van der Waals surface area contributed by atoms with Crippen molar-refractivity contribution in [2.45, 2.75) is 45.1 Å². The lowest BCUT2D eigenvalue weighted by molar-refractivity contribution is 0.713. The molecule has 4 nitrogen and oxygen atoms in total. The Bertz CT molecular complexity index is 594. The molecule has 106 valence electrons. The van der Waals surface area contributed by atoms with Gasteiger partial charge in [0.05, 0.1) is 12.5 Å². The minimum atomic E-state index is 0.403. The Labute approximate surface area is 128 Å². The maximum Gasteiger partial charge on any atom is 0.180 e. The van der Waals surface area contributed by atoms with Gasteiger partial charge in [-0.2, -0.15) is 0 Å². The molecule has 20 heavy (non-hydrogen) atoms. The van der Waals surface area contributed by atoms with Gasteiger partial charge in [0.25, 0.3) is 0 Å². The lowest BCUT2D eigenvalue weighted by atomic mass is 10.0. The van der Waals surface area contributed by atoms with Crippen LogP contribution in [0.15, 0.2) is 12.5 Å². The zero-order chi connectivity index (χ0) is 14.1. The van der Waals surface area contributed by atoms with Crippen LogP contribution in [0.3, 0.4) is 0 Å². The summed E-state index contributed by atoms with van der Waals surface area (Å²) in [6.07, 6.45) is 8.18. The van der Waals surface area contributed by atoms with Crippen LogP contribution in [0.5, 0.6) is 0 Å². The fourth-order valence-electron chi connectivity index (χ4n) is 2.84. The third-order valence-electron chi connectivity index (χ3n) is 3.90. The highest BCUT2D eigenvalue weighted by molar-refractivity contribution is 6.34. The minimum absolute atomic E-state index is 0.403. The molecule has 0 amide bonds. The van der Waals surface area contributed by atoms with Crippen LogP contribution in [0.4, 0.5) is 0 Å². The Morgan fingerprint density at radius 2 is 1.85 bits per heavy atom. The monoisotopic (exact) mass is 310 g/mol. The van der Waals surface area contributed by atoms with Crippen molar-refractivity contribution in [3.63, 3.8) is 0 Å². The van der Waals surface area contributed by atoms with Crippen LogP contribution in [-0.4, -0.2) is 19.5 Å². The van der Waals surface area contributed by atoms with E-state index >= 15 is 0 Å². The first-order valence-corrected chi connectivity index (χ1v) is 7.69. The molecule has 0 N–H and O–H groups in total. The minimum Gasteiger partial charge on any atom is -0.328 e. The molecule has 0 atom stereocenters. The first-order chi connectivity index (χ1) is 9.70. The molecule has 2 heterocycles. The zero-order valence-corrected chi connectivity index (χ0v) is 12.8. The second-order valence-electron chi connectivity index (χ2n) is 5.09. The summed E-state index contributed by atoms with van der Waals surface area (Å²) in [5.74, 6) is 0.946. The fraction of sp³-hybridized carbons (Fsp3) is 0.500. The number of imidazole rings is 1. The molecular weight excluding hydrogens is 295 g/mol. The molecule has 3 rings (SSSR count). The third-order valence-corrected chi connectivity index (χ3v) is 4.47. The SMILES string of the molecule is CCn1cncc1-c1nc(Cl)c(C2CCCC2)c(Cl)n1. The van der Waals surface area contributed by atoms with Crippen molar-refractivity contribution in [1.82, 2.24) is 19.5 Å². The molecule has 1 saturated carbocycles. The Hall–Kier alpha value is -1.13. The van der Waals surface area contributed by atoms with E-state index in [-0.39, 0.29) is 0 Å². The maximum absolute atomic E-state index is 6.36. The summed E-state index contributed by atoms with van der Waals surface area (Å²) in [4.78, 5) is 13.0. The van der Waals surface area contributed by atoms with E-state index in [2.05, 4.69) is 15.0 Å². The smallest absolute Gasteiger partial charge is 0.180 e. The Morgan fingerprint density at radius 1 is 1.20 bits per heavy atom. The lowest BCUT2D eigenvalue weighted by Crippen LogP contribution is -2.04. The van der Waals surface area contributed by atoms with Gasteiger partial charge in [0.1, 0.15) is 16.0 Å². The van der Waals surface area contributed by atoms with Gasteiger partial charge in [-0.3, -0.25) is 0 Å². The van der Waals surface area contributed by atoms with Gasteiger partial charge in [0.2, 0.25) is 0 Å². The molecule has 1 aliphatic rings. The summed E-state index contributed by atoms with van der Waals surface area (Å²) in [6.45, 7) is 2.85. The molecule has 0 aromatic carbocycles. The molecule has 0 bridgehead atoms. The normalized spacial score (nSPS) is 15.9. The molecule has 0 spiro atoms. The van der Waals surface area contributed by atoms with Crippen molar-refractivity contribution in [3.05, 3.63) is 28.4 Å². The Morgan fingerprint density at radius 3 is 2.45 bits per heavy atom. The number of halogens is 2. The molecule has 0 saturated heterocycles. The number of hydrogen-bond acceptors (Lipinski definition) is 3. The highest BCUT2D eigenvalue weighted by Crippen LogP contribution is 2.40. The van der Waals surface area contributed by atoms with Gasteiger partial charge in [-0.1, -0.05) is 36.0 Å². The maximum atomic E-state index is 6.36. The summed E-state index contributed by atoms with van der Waals surface area (Å²) in [5.41, 5.74) is 1.76. The topological polar surface area (TPSA) is 43.6 Å². The summed E-state index contributed by atoms with van der Waals surface area (Å²) in [5, 5.41) is 0.964. The van der Waals surface area contributed by atoms with E-state index in [0.29, 0.717) is 22.0 Å². The van der Waals surface area contributed by atoms with E-state index in [1.807, 2.05) is 11.5 Å². The van der Waals surface area contributed by atoms with E-state index in [9.17, 15) is 0 Å². The number of aryl methyl sites for hydroxylation is 1. The average Bonchev–Trinajstić information content (AvgIpc) is 3.08. The molecule has 0 radical (unpaired) electrons. The lowest BCUT2D eigenvalue weighted by Gasteiger charge is -2.14. The van der Waals surface area contributed by atoms with E-state index in [0.717, 1.165) is 30.6 Å². The largest absolute Gasteiger partial charge is 0.328 e. The van der Waals surface area contributed by atoms with Crippen molar-refractivity contribution in [2.75, 3.05) is 0 Å². The van der Waals surface area contributed by atoms with Gasteiger partial charge < -0.3 is 4.57 Å². The first kappa shape index (κ1) is 13.8. The standard InChI is InChI=1S/C14H16Cl2N4/c1-2-20-8-17-7-10(20)14-18-12(15)11(13(16)19-14)9-5-3-4-6-9/h7-9H,2-6H2,1H3. The highest BCUT2D eigenvalue weighted by atomic mass is 35.5. The Kier molecular flexibility index (Phi) is 3.94. The number of rotatable bonds is 3. The summed E-state index contributed by atoms with van der Waals surface area (Å²) in [6, 6.07) is 0. The number of nitrogens with zero attached hydrogens (tertiary/aromatic N) is 4. The van der Waals surface area contributed by atoms with E-state index in [1.54, 1.807) is 12.5 Å². The molecule has 0 unspecified atom stereocenters. The van der Waals surface area contributed by atoms with Crippen LogP contribution in [0.25, 0.3) is 11.5 Å². The van der Waals surface area contributed by atoms with Crippen molar-refractivity contribution in [1.29, 1.82) is 0 Å². The van der Waals surface area contributed by atoms with Gasteiger partial charge in [0.15, 0.2) is 5.82 Å². The van der Waals surface area contributed by atoms with Crippen molar-refractivity contribution >= 4 is 23.2 Å². The van der Waals surface area contributed by atoms with Crippen LogP contribution in [0.1, 0.15) is 44.1 Å². The van der Waals surface area contributed by atoms with E-state index < -0.39 is 0 Å². The van der Waals surface area contributed by atoms with Crippen molar-refractivity contribution in [2.24, 2.45) is 0 Å². The van der Waals surface area contributed by atoms with Crippen LogP contribution < -0.4 is 0 Å². The molecule has 6 heteroatoms. The Balaban J connectivity index is 2.03. The van der Waals surface area contributed by atoms with Crippen LogP contribution in [0.2, 0.25) is 10.3 Å². The van der Waals surface area contributed by atoms with Gasteiger partial charge in [-0.05, 0) is 25.7 Å². The summed E-state index contributed by atoms with van der Waals surface area (Å²) >= 11 is 12.7. The second kappa shape index (κ2) is 5.70. The number of aromatic nitrogens is 4. The van der Waals surface area contributed by atoms with Crippen LogP contribution in [-0.2, 0) is 6.54 Å². The molecule has 2 aromatic rings. The first-order valence-electron chi connectivity index (χ1n) is 6.94. The average molecular weight is 311 g/mol. The van der Waals surface area contributed by atoms with E-state index in [1.165, 1.54) is 12.8 Å². The quantitative estimate of drug-likeness (QED) is 0.793. The van der Waals surface area contributed by atoms with Crippen LogP contribution in [0, 0.1) is 0 Å². The summed E-state index contributed by atoms with van der Waals surface area (Å²) in [7, 11) is 0. The van der Waals surface area contributed by atoms with Gasteiger partial charge >= 0.3 is 0 Å². The predicted molar refractivity (Wildman–Crippen MR) is 80.2 cm³/mol. The summed E-state index contributed by atoms with van der Waals surface area (Å²) < 4.78 is 1.97. The molecular formula is C14H16Cl2N4. The van der Waals surface area contributed by atoms with Crippen LogP contribution >= 0.6 is 23.2 Å². The molecule has 1 fully saturated rings. The fourth-order valence-corrected chi connectivity index (χ4v) is 3.54. The van der Waals surface area contributed by atoms with Gasteiger partial charge in [-0.15, -0.1) is 0 Å². The zero-order valence-electron chi connectivity index (χ0n) is 11.3. The van der Waals surface area contributed by atoms with Crippen molar-refractivity contribution in [3.8, 4) is 11.5 Å².